The molecule has 2 aliphatic rings. The van der Waals surface area contributed by atoms with E-state index in [9.17, 15) is 13.2 Å². The predicted octanol–water partition coefficient (Wildman–Crippen LogP) is 1.70. The van der Waals surface area contributed by atoms with Crippen LogP contribution in [0.4, 0.5) is 0 Å². The number of aryl methyl sites for hydroxylation is 1. The van der Waals surface area contributed by atoms with Gasteiger partial charge in [-0.3, -0.25) is 4.79 Å². The summed E-state index contributed by atoms with van der Waals surface area (Å²) < 4.78 is 37.6. The molecule has 2 fully saturated rings. The summed E-state index contributed by atoms with van der Waals surface area (Å²) in [6, 6.07) is 6.53. The van der Waals surface area contributed by atoms with Crippen LogP contribution in [0.25, 0.3) is 11.4 Å². The van der Waals surface area contributed by atoms with E-state index in [-0.39, 0.29) is 10.8 Å². The molecule has 0 radical (unpaired) electrons. The summed E-state index contributed by atoms with van der Waals surface area (Å²) in [6.07, 6.45) is 3.54. The summed E-state index contributed by atoms with van der Waals surface area (Å²) in [4.78, 5) is 18.6. The largest absolute Gasteiger partial charge is 0.378 e. The van der Waals surface area contributed by atoms with Crippen molar-refractivity contribution in [1.29, 1.82) is 0 Å². The predicted molar refractivity (Wildman–Crippen MR) is 108 cm³/mol. The number of morpholine rings is 1. The van der Waals surface area contributed by atoms with E-state index in [4.69, 9.17) is 9.26 Å². The summed E-state index contributed by atoms with van der Waals surface area (Å²) in [5.74, 6) is 0.813. The molecule has 2 aliphatic heterocycles. The number of sulfonamides is 1. The smallest absolute Gasteiger partial charge is 0.243 e. The van der Waals surface area contributed by atoms with Gasteiger partial charge in [-0.15, -0.1) is 0 Å². The molecule has 0 atom stereocenters. The van der Waals surface area contributed by atoms with E-state index < -0.39 is 10.0 Å². The van der Waals surface area contributed by atoms with Crippen LogP contribution in [0.3, 0.4) is 0 Å². The maximum atomic E-state index is 12.8. The van der Waals surface area contributed by atoms with Gasteiger partial charge in [0.15, 0.2) is 0 Å². The van der Waals surface area contributed by atoms with Crippen LogP contribution >= 0.6 is 0 Å². The van der Waals surface area contributed by atoms with Crippen LogP contribution in [0.1, 0.15) is 31.6 Å². The van der Waals surface area contributed by atoms with Gasteiger partial charge in [-0.05, 0) is 37.1 Å². The van der Waals surface area contributed by atoms with Crippen LogP contribution in [0, 0.1) is 0 Å². The van der Waals surface area contributed by atoms with Crippen LogP contribution in [-0.4, -0.2) is 73.1 Å². The van der Waals surface area contributed by atoms with Crippen molar-refractivity contribution in [2.75, 3.05) is 39.4 Å². The van der Waals surface area contributed by atoms with Crippen molar-refractivity contribution < 1.29 is 22.5 Å². The molecule has 2 saturated heterocycles. The fourth-order valence-corrected chi connectivity index (χ4v) is 5.21. The van der Waals surface area contributed by atoms with Gasteiger partial charge in [0.2, 0.25) is 27.6 Å². The molecule has 0 aliphatic carbocycles. The maximum Gasteiger partial charge on any atom is 0.243 e. The number of hydrogen-bond donors (Lipinski definition) is 0. The van der Waals surface area contributed by atoms with Gasteiger partial charge in [-0.25, -0.2) is 8.42 Å². The van der Waals surface area contributed by atoms with E-state index in [0.29, 0.717) is 69.5 Å². The SMILES string of the molecule is O=C(CCc1nc(-c2ccc(S(=O)(=O)N3CCCCC3)cc2)no1)N1CCOCC1. The van der Waals surface area contributed by atoms with Gasteiger partial charge in [-0.1, -0.05) is 11.6 Å². The van der Waals surface area contributed by atoms with Crippen molar-refractivity contribution in [3.05, 3.63) is 30.2 Å². The molecule has 2 aromatic rings. The first-order chi connectivity index (χ1) is 14.5. The summed E-state index contributed by atoms with van der Waals surface area (Å²) in [7, 11) is -3.47. The molecule has 1 aromatic carbocycles. The van der Waals surface area contributed by atoms with E-state index in [1.807, 2.05) is 0 Å². The molecule has 0 N–H and O–H groups in total. The Labute approximate surface area is 176 Å². The number of benzene rings is 1. The number of rotatable bonds is 6. The minimum absolute atomic E-state index is 0.0466. The Bertz CT molecular complexity index is 961. The van der Waals surface area contributed by atoms with Gasteiger partial charge in [0, 0.05) is 44.6 Å². The lowest BCUT2D eigenvalue weighted by Crippen LogP contribution is -2.40. The monoisotopic (exact) mass is 434 g/mol. The van der Waals surface area contributed by atoms with Gasteiger partial charge in [0.25, 0.3) is 0 Å². The normalized spacial score (nSPS) is 18.5. The maximum absolute atomic E-state index is 12.8. The molecule has 0 saturated carbocycles. The van der Waals surface area contributed by atoms with Crippen molar-refractivity contribution in [2.24, 2.45) is 0 Å². The number of aromatic nitrogens is 2. The fourth-order valence-electron chi connectivity index (χ4n) is 3.69. The molecule has 4 rings (SSSR count). The van der Waals surface area contributed by atoms with Crippen molar-refractivity contribution >= 4 is 15.9 Å². The van der Waals surface area contributed by atoms with Gasteiger partial charge in [0.1, 0.15) is 0 Å². The number of piperidine rings is 1. The Morgan fingerprint density at radius 3 is 2.40 bits per heavy atom. The first kappa shape index (κ1) is 21.0. The van der Waals surface area contributed by atoms with Crippen LogP contribution in [0.2, 0.25) is 0 Å². The summed E-state index contributed by atoms with van der Waals surface area (Å²) in [6.45, 7) is 3.50. The third-order valence-corrected chi connectivity index (χ3v) is 7.36. The second kappa shape index (κ2) is 9.23. The molecule has 3 heterocycles. The highest BCUT2D eigenvalue weighted by atomic mass is 32.2. The van der Waals surface area contributed by atoms with Crippen molar-refractivity contribution in [3.63, 3.8) is 0 Å². The highest BCUT2D eigenvalue weighted by Crippen LogP contribution is 2.23. The minimum Gasteiger partial charge on any atom is -0.378 e. The second-order valence-electron chi connectivity index (χ2n) is 7.49. The van der Waals surface area contributed by atoms with Gasteiger partial charge in [-0.2, -0.15) is 9.29 Å². The third kappa shape index (κ3) is 4.71. The number of carbonyl (C=O) groups is 1. The lowest BCUT2D eigenvalue weighted by molar-refractivity contribution is -0.135. The number of amides is 1. The zero-order valence-corrected chi connectivity index (χ0v) is 17.6. The Morgan fingerprint density at radius 2 is 1.70 bits per heavy atom. The minimum atomic E-state index is -3.47. The third-order valence-electron chi connectivity index (χ3n) is 5.45. The fraction of sp³-hybridized carbons (Fsp3) is 0.550. The Morgan fingerprint density at radius 1 is 1.00 bits per heavy atom. The average molecular weight is 435 g/mol. The molecule has 0 bridgehead atoms. The highest BCUT2D eigenvalue weighted by molar-refractivity contribution is 7.89. The molecule has 0 unspecified atom stereocenters. The Kier molecular flexibility index (Phi) is 6.45. The van der Waals surface area contributed by atoms with Crippen LogP contribution < -0.4 is 0 Å². The van der Waals surface area contributed by atoms with Crippen LogP contribution in [-0.2, 0) is 26.0 Å². The molecule has 9 nitrogen and oxygen atoms in total. The summed E-state index contributed by atoms with van der Waals surface area (Å²) >= 11 is 0. The summed E-state index contributed by atoms with van der Waals surface area (Å²) in [5, 5.41) is 3.97. The van der Waals surface area contributed by atoms with Gasteiger partial charge in [0.05, 0.1) is 18.1 Å². The highest BCUT2D eigenvalue weighted by Gasteiger charge is 2.26. The molecule has 30 heavy (non-hydrogen) atoms. The molecule has 0 spiro atoms. The molecular weight excluding hydrogens is 408 g/mol. The lowest BCUT2D eigenvalue weighted by Gasteiger charge is -2.26. The van der Waals surface area contributed by atoms with E-state index in [2.05, 4.69) is 10.1 Å². The van der Waals surface area contributed by atoms with Crippen molar-refractivity contribution in [3.8, 4) is 11.4 Å². The summed E-state index contributed by atoms with van der Waals surface area (Å²) in [5.41, 5.74) is 0.669. The van der Waals surface area contributed by atoms with Crippen LogP contribution in [0.5, 0.6) is 0 Å². The number of nitrogens with zero attached hydrogens (tertiary/aromatic N) is 4. The Balaban J connectivity index is 1.38. The lowest BCUT2D eigenvalue weighted by atomic mass is 10.2. The van der Waals surface area contributed by atoms with E-state index in [1.54, 1.807) is 33.5 Å². The van der Waals surface area contributed by atoms with Gasteiger partial charge >= 0.3 is 0 Å². The van der Waals surface area contributed by atoms with E-state index in [0.717, 1.165) is 19.3 Å². The topological polar surface area (TPSA) is 106 Å². The van der Waals surface area contributed by atoms with E-state index in [1.165, 1.54) is 0 Å². The average Bonchev–Trinajstić information content (AvgIpc) is 3.28. The standard InChI is InChI=1S/C20H26N4O5S/c25-19(23-12-14-28-15-13-23)9-8-18-21-20(22-29-18)16-4-6-17(7-5-16)30(26,27)24-10-2-1-3-11-24/h4-7H,1-3,8-15H2. The van der Waals surface area contributed by atoms with Crippen LogP contribution in [0.15, 0.2) is 33.7 Å². The van der Waals surface area contributed by atoms with Crippen molar-refractivity contribution in [1.82, 2.24) is 19.3 Å². The van der Waals surface area contributed by atoms with Crippen molar-refractivity contribution in [2.45, 2.75) is 37.0 Å². The number of carbonyl (C=O) groups excluding carboxylic acids is 1. The molecule has 162 valence electrons. The molecule has 1 amide bonds. The first-order valence-electron chi connectivity index (χ1n) is 10.3. The second-order valence-corrected chi connectivity index (χ2v) is 9.43. The molecule has 1 aromatic heterocycles. The quantitative estimate of drug-likeness (QED) is 0.681. The number of ether oxygens (including phenoxy) is 1. The molecule has 10 heteroatoms. The Hall–Kier alpha value is -2.30. The zero-order chi connectivity index (χ0) is 21.0. The zero-order valence-electron chi connectivity index (χ0n) is 16.8. The van der Waals surface area contributed by atoms with E-state index >= 15 is 0 Å². The number of hydrogen-bond acceptors (Lipinski definition) is 7. The first-order valence-corrected chi connectivity index (χ1v) is 11.8. The van der Waals surface area contributed by atoms with Gasteiger partial charge < -0.3 is 14.2 Å². The molecular formula is C20H26N4O5S.